The lowest BCUT2D eigenvalue weighted by Crippen LogP contribution is -2.71. The molecule has 0 amide bonds. The summed E-state index contributed by atoms with van der Waals surface area (Å²) in [4.78, 5) is 66.9. The summed E-state index contributed by atoms with van der Waals surface area (Å²) in [5.74, 6) is -2.09. The summed E-state index contributed by atoms with van der Waals surface area (Å²) in [7, 11) is 0. The Morgan fingerprint density at radius 1 is 0.569 bits per heavy atom. The molecule has 6 rings (SSSR count). The summed E-state index contributed by atoms with van der Waals surface area (Å²) in [5.41, 5.74) is -10.1. The van der Waals surface area contributed by atoms with E-state index in [1.165, 1.54) is 0 Å². The molecule has 0 radical (unpaired) electrons. The van der Waals surface area contributed by atoms with Crippen LogP contribution in [0.5, 0.6) is 0 Å². The molecule has 13 nitrogen and oxygen atoms in total. The normalized spacial score (nSPS) is 34.5. The fourth-order valence-corrected chi connectivity index (χ4v) is 13.4. The Labute approximate surface area is 416 Å². The molecule has 6 aliphatic carbocycles. The molecule has 65 heavy (non-hydrogen) atoms. The number of aliphatic hydroxyl groups is 3. The van der Waals surface area contributed by atoms with E-state index in [9.17, 15) is 34.5 Å². The van der Waals surface area contributed by atoms with Gasteiger partial charge in [-0.05, 0) is 192 Å². The van der Waals surface area contributed by atoms with Gasteiger partial charge in [0, 0.05) is 21.7 Å². The van der Waals surface area contributed by atoms with E-state index in [1.54, 1.807) is 41.5 Å². The third-order valence-corrected chi connectivity index (χ3v) is 20.0. The average molecular weight is 1150 g/mol. The maximum atomic E-state index is 13.8. The zero-order valence-electron chi connectivity index (χ0n) is 42.0. The smallest absolute Gasteiger partial charge is 0.344 e. The number of carbonyl (C=O) groups excluding carboxylic acids is 4. The number of hydrogen-bond acceptors (Lipinski definition) is 13. The minimum atomic E-state index is -1.27. The lowest BCUT2D eigenvalue weighted by atomic mass is 9.37. The largest absolute Gasteiger partial charge is 0.457 e. The van der Waals surface area contributed by atoms with Crippen LogP contribution in [-0.4, -0.2) is 98.5 Å². The van der Waals surface area contributed by atoms with Crippen LogP contribution in [0.1, 0.15) is 200 Å². The Bertz CT molecular complexity index is 1810. The van der Waals surface area contributed by atoms with Gasteiger partial charge in [0.1, 0.15) is 29.2 Å². The number of hydrogen-bond donors (Lipinski definition) is 3. The number of alkyl halides is 2. The van der Waals surface area contributed by atoms with Crippen LogP contribution in [0, 0.1) is 27.6 Å². The van der Waals surface area contributed by atoms with Crippen LogP contribution in [0.3, 0.4) is 0 Å². The van der Waals surface area contributed by atoms with Crippen molar-refractivity contribution < 1.29 is 63.2 Å². The molecule has 15 heteroatoms. The van der Waals surface area contributed by atoms with Crippen LogP contribution >= 0.6 is 45.2 Å². The molecule has 9 unspecified atom stereocenters. The molecule has 0 saturated heterocycles. The fourth-order valence-electron chi connectivity index (χ4n) is 13.1. The SMILES string of the molecule is CCC(C)(I)C(=O)OCC(=O)OC12CCCC(C(C)(C)OOC(C)(C)C34CC5CC(OC(=O)COC(=O)C(C)(I)CC)(CC(C(C)(C)O)(C5)C3)C4)(C1)CC(CCC(C)(C)O)(C(C)(C)O)C2. The molecule has 0 aromatic heterocycles. The molecule has 6 fully saturated rings. The van der Waals surface area contributed by atoms with Crippen LogP contribution in [0.25, 0.3) is 0 Å². The van der Waals surface area contributed by atoms with Gasteiger partial charge in [-0.25, -0.2) is 19.4 Å². The number of rotatable bonds is 20. The quantitative estimate of drug-likeness (QED) is 0.0262. The molecule has 0 aliphatic heterocycles. The number of carbonyl (C=O) groups is 4. The first-order valence-corrected chi connectivity index (χ1v) is 26.2. The summed E-state index contributed by atoms with van der Waals surface area (Å²) in [6.07, 6.45) is 8.89. The minimum absolute atomic E-state index is 0.127. The van der Waals surface area contributed by atoms with Gasteiger partial charge in [0.05, 0.1) is 16.8 Å². The number of fused-ring (bicyclic) bond motifs is 2. The maximum absolute atomic E-state index is 13.8. The summed E-state index contributed by atoms with van der Waals surface area (Å²) >= 11 is 4.08. The van der Waals surface area contributed by atoms with Crippen LogP contribution < -0.4 is 0 Å². The highest BCUT2D eigenvalue weighted by atomic mass is 127. The van der Waals surface area contributed by atoms with E-state index in [0.29, 0.717) is 89.9 Å². The van der Waals surface area contributed by atoms with E-state index in [-0.39, 0.29) is 5.92 Å². The first-order chi connectivity index (χ1) is 29.3. The van der Waals surface area contributed by atoms with E-state index in [0.717, 1.165) is 12.8 Å². The van der Waals surface area contributed by atoms with Gasteiger partial charge < -0.3 is 34.3 Å². The highest BCUT2D eigenvalue weighted by Gasteiger charge is 2.73. The Kier molecular flexibility index (Phi) is 15.3. The molecule has 3 N–H and O–H groups in total. The summed E-state index contributed by atoms with van der Waals surface area (Å²) in [5, 5.41) is 35.3. The lowest BCUT2D eigenvalue weighted by Gasteiger charge is -2.71. The Morgan fingerprint density at radius 3 is 1.51 bits per heavy atom. The van der Waals surface area contributed by atoms with Crippen molar-refractivity contribution in [3.63, 3.8) is 0 Å². The zero-order valence-corrected chi connectivity index (χ0v) is 46.3. The Balaban J connectivity index is 1.47. The maximum Gasteiger partial charge on any atom is 0.344 e. The molecule has 0 aromatic rings. The van der Waals surface area contributed by atoms with Crippen LogP contribution in [0.15, 0.2) is 0 Å². The van der Waals surface area contributed by atoms with E-state index in [4.69, 9.17) is 28.7 Å². The third kappa shape index (κ3) is 11.1. The van der Waals surface area contributed by atoms with Crippen LogP contribution in [0.2, 0.25) is 0 Å². The molecule has 6 saturated carbocycles. The van der Waals surface area contributed by atoms with Gasteiger partial charge in [-0.3, -0.25) is 9.59 Å². The monoisotopic (exact) mass is 1140 g/mol. The molecule has 6 bridgehead atoms. The molecule has 374 valence electrons. The highest BCUT2D eigenvalue weighted by molar-refractivity contribution is 14.1. The lowest BCUT2D eigenvalue weighted by molar-refractivity contribution is -0.456. The minimum Gasteiger partial charge on any atom is -0.457 e. The fraction of sp³-hybridized carbons (Fsp3) is 0.920. The van der Waals surface area contributed by atoms with Crippen molar-refractivity contribution in [1.82, 2.24) is 0 Å². The van der Waals surface area contributed by atoms with Crippen molar-refractivity contribution >= 4 is 69.1 Å². The van der Waals surface area contributed by atoms with Crippen molar-refractivity contribution in [3.8, 4) is 0 Å². The van der Waals surface area contributed by atoms with Crippen molar-refractivity contribution in [2.24, 2.45) is 27.6 Å². The zero-order chi connectivity index (χ0) is 49.4. The Morgan fingerprint density at radius 2 is 1.03 bits per heavy atom. The van der Waals surface area contributed by atoms with Gasteiger partial charge in [0.25, 0.3) is 0 Å². The molecule has 0 spiro atoms. The predicted octanol–water partition coefficient (Wildman–Crippen LogP) is 9.75. The van der Waals surface area contributed by atoms with E-state index in [1.807, 2.05) is 101 Å². The summed E-state index contributed by atoms with van der Waals surface area (Å²) in [6, 6.07) is 0. The molecule has 0 heterocycles. The second kappa shape index (κ2) is 18.1. The number of halogens is 2. The second-order valence-corrected chi connectivity index (χ2v) is 29.5. The third-order valence-electron chi connectivity index (χ3n) is 17.6. The van der Waals surface area contributed by atoms with Crippen LogP contribution in [0.4, 0.5) is 0 Å². The standard InChI is InChI=1S/C50H82I2O13/c1-15-43(13,51)36(55)60-25-34(53)62-49-19-17-18-46(30-49,27-45(29-49,39(5,6)58)21-20-38(3,4)57)41(9,10)64-65-42(11,12)48-23-33-22-47(28-48,40(7,8)59)31-50(24-33,32-48)63-35(54)26-61-37(56)44(14,52)16-2/h33,57-59H,15-32H2,1-14H3. The summed E-state index contributed by atoms with van der Waals surface area (Å²) in [6.45, 7) is 25.1. The Hall–Kier alpha value is -0.860. The summed E-state index contributed by atoms with van der Waals surface area (Å²) < 4.78 is 22.4. The van der Waals surface area contributed by atoms with Gasteiger partial charge in [-0.1, -0.05) is 59.0 Å². The van der Waals surface area contributed by atoms with Crippen molar-refractivity contribution in [3.05, 3.63) is 0 Å². The number of ether oxygens (including phenoxy) is 4. The van der Waals surface area contributed by atoms with Crippen molar-refractivity contribution in [2.75, 3.05) is 13.2 Å². The van der Waals surface area contributed by atoms with Gasteiger partial charge in [0.2, 0.25) is 0 Å². The molecule has 9 atom stereocenters. The average Bonchev–Trinajstić information content (AvgIpc) is 3.15. The first kappa shape index (κ1) is 55.1. The van der Waals surface area contributed by atoms with Crippen LogP contribution in [-0.2, 0) is 47.9 Å². The van der Waals surface area contributed by atoms with E-state index in [2.05, 4.69) is 0 Å². The molecular formula is C50H82I2O13. The molecule has 6 aliphatic rings. The molecular weight excluding hydrogens is 1060 g/mol. The van der Waals surface area contributed by atoms with Gasteiger partial charge in [-0.2, -0.15) is 0 Å². The molecule has 0 aromatic carbocycles. The van der Waals surface area contributed by atoms with Gasteiger partial charge in [-0.15, -0.1) is 0 Å². The van der Waals surface area contributed by atoms with Gasteiger partial charge >= 0.3 is 23.9 Å². The van der Waals surface area contributed by atoms with Gasteiger partial charge in [0.15, 0.2) is 13.2 Å². The second-order valence-electron chi connectivity index (χ2n) is 24.7. The first-order valence-electron chi connectivity index (χ1n) is 24.0. The van der Waals surface area contributed by atoms with E-state index < -0.39 is 105 Å². The van der Waals surface area contributed by atoms with Crippen molar-refractivity contribution in [2.45, 2.75) is 246 Å². The highest BCUT2D eigenvalue weighted by Crippen LogP contribution is 2.73. The predicted molar refractivity (Wildman–Crippen MR) is 262 cm³/mol. The van der Waals surface area contributed by atoms with Crippen molar-refractivity contribution in [1.29, 1.82) is 0 Å². The van der Waals surface area contributed by atoms with E-state index >= 15 is 0 Å². The number of esters is 4. The topological polar surface area (TPSA) is 184 Å².